The highest BCUT2D eigenvalue weighted by molar-refractivity contribution is 6.04. The van der Waals surface area contributed by atoms with Crippen LogP contribution in [-0.4, -0.2) is 81.5 Å². The second kappa shape index (κ2) is 14.0. The Hall–Kier alpha value is -5.01. The number of carbonyl (C=O) groups excluding carboxylic acids is 1. The molecule has 250 valence electrons. The lowest BCUT2D eigenvalue weighted by molar-refractivity contribution is -0.137. The van der Waals surface area contributed by atoms with Gasteiger partial charge in [0.2, 0.25) is 5.95 Å². The zero-order chi connectivity index (χ0) is 33.8. The van der Waals surface area contributed by atoms with E-state index < -0.39 is 17.6 Å². The van der Waals surface area contributed by atoms with Crippen LogP contribution in [0.1, 0.15) is 33.5 Å². The Morgan fingerprint density at radius 2 is 1.73 bits per heavy atom. The van der Waals surface area contributed by atoms with E-state index in [1.807, 2.05) is 48.7 Å². The maximum absolute atomic E-state index is 13.2. The van der Waals surface area contributed by atoms with Crippen molar-refractivity contribution in [1.29, 1.82) is 0 Å². The summed E-state index contributed by atoms with van der Waals surface area (Å²) in [5.74, 6) is 1.26. The Kier molecular flexibility index (Phi) is 9.60. The second-order valence-electron chi connectivity index (χ2n) is 12.0. The number of piperazine rings is 1. The SMILES string of the molecule is Cc1ccc(NC(=O)c2cccc(C(F)(F)F)c2)cc1Nc1nc2ccccc2n1-c1ncnc(NCCCN2CCN(C)CC2)c1C. The van der Waals surface area contributed by atoms with E-state index in [0.717, 1.165) is 85.8 Å². The van der Waals surface area contributed by atoms with Crippen LogP contribution in [0.25, 0.3) is 16.9 Å². The van der Waals surface area contributed by atoms with Gasteiger partial charge in [-0.3, -0.25) is 9.36 Å². The minimum atomic E-state index is -4.55. The van der Waals surface area contributed by atoms with E-state index in [1.165, 1.54) is 12.1 Å². The number of imidazole rings is 1. The molecule has 48 heavy (non-hydrogen) atoms. The number of likely N-dealkylation sites (N-methyl/N-ethyl adjacent to an activating group) is 1. The lowest BCUT2D eigenvalue weighted by atomic mass is 10.1. The van der Waals surface area contributed by atoms with Gasteiger partial charge in [0.15, 0.2) is 0 Å². The summed E-state index contributed by atoms with van der Waals surface area (Å²) < 4.78 is 41.6. The van der Waals surface area contributed by atoms with Gasteiger partial charge in [-0.05, 0) is 81.9 Å². The number of aromatic nitrogens is 4. The predicted octanol–water partition coefficient (Wildman–Crippen LogP) is 6.50. The Bertz CT molecular complexity index is 1920. The average molecular weight is 658 g/mol. The number of anilines is 4. The summed E-state index contributed by atoms with van der Waals surface area (Å²) >= 11 is 0. The number of halogens is 3. The van der Waals surface area contributed by atoms with Crippen molar-refractivity contribution in [3.05, 3.63) is 95.3 Å². The summed E-state index contributed by atoms with van der Waals surface area (Å²) in [5.41, 5.74) is 3.42. The molecule has 3 N–H and O–H groups in total. The van der Waals surface area contributed by atoms with Crippen LogP contribution in [0.2, 0.25) is 0 Å². The van der Waals surface area contributed by atoms with Crippen LogP contribution in [0.3, 0.4) is 0 Å². The Morgan fingerprint density at radius 3 is 2.52 bits per heavy atom. The molecule has 0 radical (unpaired) electrons. The fraction of sp³-hybridized carbons (Fsp3) is 0.314. The molecule has 0 aliphatic carbocycles. The van der Waals surface area contributed by atoms with Crippen molar-refractivity contribution in [1.82, 2.24) is 29.3 Å². The molecule has 0 atom stereocenters. The average Bonchev–Trinajstić information content (AvgIpc) is 3.43. The summed E-state index contributed by atoms with van der Waals surface area (Å²) in [6.07, 6.45) is -2.02. The van der Waals surface area contributed by atoms with E-state index in [2.05, 4.69) is 42.8 Å². The zero-order valence-corrected chi connectivity index (χ0v) is 27.1. The molecule has 1 amide bonds. The number of carbonyl (C=O) groups is 1. The highest BCUT2D eigenvalue weighted by atomic mass is 19.4. The highest BCUT2D eigenvalue weighted by Gasteiger charge is 2.31. The molecule has 13 heteroatoms. The molecule has 2 aromatic heterocycles. The van der Waals surface area contributed by atoms with Gasteiger partial charge in [-0.2, -0.15) is 13.2 Å². The largest absolute Gasteiger partial charge is 0.416 e. The molecule has 0 bridgehead atoms. The molecule has 3 aromatic carbocycles. The van der Waals surface area contributed by atoms with E-state index in [-0.39, 0.29) is 5.56 Å². The molecular formula is C35H38F3N9O. The van der Waals surface area contributed by atoms with Gasteiger partial charge in [0.25, 0.3) is 5.91 Å². The Labute approximate surface area is 277 Å². The maximum atomic E-state index is 13.2. The number of rotatable bonds is 10. The molecule has 6 rings (SSSR count). The van der Waals surface area contributed by atoms with Gasteiger partial charge in [0.1, 0.15) is 18.0 Å². The van der Waals surface area contributed by atoms with Crippen LogP contribution >= 0.6 is 0 Å². The summed E-state index contributed by atoms with van der Waals surface area (Å²) in [4.78, 5) is 31.8. The van der Waals surface area contributed by atoms with Gasteiger partial charge >= 0.3 is 6.18 Å². The fourth-order valence-corrected chi connectivity index (χ4v) is 5.74. The van der Waals surface area contributed by atoms with Crippen molar-refractivity contribution in [3.63, 3.8) is 0 Å². The zero-order valence-electron chi connectivity index (χ0n) is 27.1. The monoisotopic (exact) mass is 657 g/mol. The number of nitrogens with one attached hydrogen (secondary N) is 3. The van der Waals surface area contributed by atoms with Crippen molar-refractivity contribution < 1.29 is 18.0 Å². The third kappa shape index (κ3) is 7.42. The first-order valence-electron chi connectivity index (χ1n) is 15.9. The van der Waals surface area contributed by atoms with Gasteiger partial charge in [-0.15, -0.1) is 0 Å². The van der Waals surface area contributed by atoms with Crippen LogP contribution in [0.4, 0.5) is 36.3 Å². The number of fused-ring (bicyclic) bond motifs is 1. The van der Waals surface area contributed by atoms with Gasteiger partial charge in [-0.1, -0.05) is 24.3 Å². The van der Waals surface area contributed by atoms with E-state index >= 15 is 0 Å². The normalized spacial score (nSPS) is 14.3. The number of benzene rings is 3. The van der Waals surface area contributed by atoms with Gasteiger partial charge < -0.3 is 25.8 Å². The van der Waals surface area contributed by atoms with E-state index in [1.54, 1.807) is 18.5 Å². The van der Waals surface area contributed by atoms with Gasteiger partial charge in [0.05, 0.1) is 16.6 Å². The Balaban J connectivity index is 1.23. The lowest BCUT2D eigenvalue weighted by Crippen LogP contribution is -2.44. The summed E-state index contributed by atoms with van der Waals surface area (Å²) in [6.45, 7) is 10.0. The summed E-state index contributed by atoms with van der Waals surface area (Å²) in [6, 6.07) is 17.3. The number of para-hydroxylation sites is 2. The minimum Gasteiger partial charge on any atom is -0.370 e. The first-order chi connectivity index (χ1) is 23.1. The molecule has 0 saturated carbocycles. The molecular weight excluding hydrogens is 619 g/mol. The van der Waals surface area contributed by atoms with Crippen LogP contribution < -0.4 is 16.0 Å². The van der Waals surface area contributed by atoms with E-state index in [4.69, 9.17) is 4.98 Å². The van der Waals surface area contributed by atoms with Crippen molar-refractivity contribution in [3.8, 4) is 5.82 Å². The number of hydrogen-bond donors (Lipinski definition) is 3. The van der Waals surface area contributed by atoms with Crippen LogP contribution in [0, 0.1) is 13.8 Å². The molecule has 1 fully saturated rings. The van der Waals surface area contributed by atoms with Gasteiger partial charge in [-0.25, -0.2) is 15.0 Å². The molecule has 1 saturated heterocycles. The smallest absolute Gasteiger partial charge is 0.370 e. The predicted molar refractivity (Wildman–Crippen MR) is 182 cm³/mol. The third-order valence-corrected chi connectivity index (χ3v) is 8.56. The van der Waals surface area contributed by atoms with Crippen LogP contribution in [0.15, 0.2) is 73.1 Å². The number of aryl methyl sites for hydroxylation is 1. The lowest BCUT2D eigenvalue weighted by Gasteiger charge is -2.32. The van der Waals surface area contributed by atoms with E-state index in [0.29, 0.717) is 23.1 Å². The molecule has 10 nitrogen and oxygen atoms in total. The second-order valence-corrected chi connectivity index (χ2v) is 12.0. The first kappa shape index (κ1) is 32.9. The molecule has 3 heterocycles. The quantitative estimate of drug-likeness (QED) is 0.147. The topological polar surface area (TPSA) is 103 Å². The van der Waals surface area contributed by atoms with Crippen molar-refractivity contribution >= 4 is 40.1 Å². The number of alkyl halides is 3. The molecule has 0 unspecified atom stereocenters. The standard InChI is InChI=1S/C35H38F3N9O/c1-23-12-13-27(42-33(48)25-8-6-9-26(20-25)35(36,37)38)21-29(23)44-34-43-28-10-4-5-11-30(28)47(34)32-24(2)31(40-22-41-32)39-14-7-15-46-18-16-45(3)17-19-46/h4-6,8-13,20-22H,7,14-19H2,1-3H3,(H,42,48)(H,43,44)(H,39,40,41). The van der Waals surface area contributed by atoms with Crippen LogP contribution in [0.5, 0.6) is 0 Å². The number of amides is 1. The Morgan fingerprint density at radius 1 is 0.938 bits per heavy atom. The van der Waals surface area contributed by atoms with Crippen molar-refractivity contribution in [2.24, 2.45) is 0 Å². The first-order valence-corrected chi connectivity index (χ1v) is 15.9. The minimum absolute atomic E-state index is 0.0929. The maximum Gasteiger partial charge on any atom is 0.416 e. The fourth-order valence-electron chi connectivity index (χ4n) is 5.74. The third-order valence-electron chi connectivity index (χ3n) is 8.56. The van der Waals surface area contributed by atoms with Crippen LogP contribution in [-0.2, 0) is 6.18 Å². The summed E-state index contributed by atoms with van der Waals surface area (Å²) in [5, 5.41) is 9.63. The molecule has 1 aliphatic heterocycles. The van der Waals surface area contributed by atoms with Crippen molar-refractivity contribution in [2.75, 3.05) is 62.3 Å². The molecule has 1 aliphatic rings. The van der Waals surface area contributed by atoms with Gasteiger partial charge in [0, 0.05) is 55.2 Å². The number of nitrogens with zero attached hydrogens (tertiary/aromatic N) is 6. The number of hydrogen-bond acceptors (Lipinski definition) is 8. The molecule has 5 aromatic rings. The molecule has 0 spiro atoms. The summed E-state index contributed by atoms with van der Waals surface area (Å²) in [7, 11) is 2.16. The van der Waals surface area contributed by atoms with E-state index in [9.17, 15) is 18.0 Å². The highest BCUT2D eigenvalue weighted by Crippen LogP contribution is 2.32. The van der Waals surface area contributed by atoms with Crippen molar-refractivity contribution in [2.45, 2.75) is 26.4 Å².